The van der Waals surface area contributed by atoms with Gasteiger partial charge in [0.05, 0.1) is 6.20 Å². The minimum absolute atomic E-state index is 0.0202. The molecule has 0 aromatic carbocycles. The Morgan fingerprint density at radius 1 is 1.45 bits per heavy atom. The lowest BCUT2D eigenvalue weighted by Crippen LogP contribution is -2.26. The molecule has 8 heteroatoms. The van der Waals surface area contributed by atoms with Gasteiger partial charge in [0.1, 0.15) is 0 Å². The van der Waals surface area contributed by atoms with E-state index in [4.69, 9.17) is 5.84 Å². The summed E-state index contributed by atoms with van der Waals surface area (Å²) in [6, 6.07) is 0. The number of fused-ring (bicyclic) bond motifs is 1. The maximum absolute atomic E-state index is 11.5. The molecule has 0 bridgehead atoms. The van der Waals surface area contributed by atoms with Crippen molar-refractivity contribution in [3.8, 4) is 0 Å². The Kier molecular flexibility index (Phi) is 4.72. The third kappa shape index (κ3) is 3.35. The van der Waals surface area contributed by atoms with Crippen molar-refractivity contribution < 1.29 is 4.79 Å². The first kappa shape index (κ1) is 14.1. The summed E-state index contributed by atoms with van der Waals surface area (Å²) in [7, 11) is 0. The average molecular weight is 277 g/mol. The van der Waals surface area contributed by atoms with Crippen LogP contribution in [0.4, 0.5) is 11.6 Å². The van der Waals surface area contributed by atoms with E-state index in [1.54, 1.807) is 18.6 Å². The van der Waals surface area contributed by atoms with Gasteiger partial charge in [0.25, 0.3) is 0 Å². The van der Waals surface area contributed by atoms with Gasteiger partial charge in [0.15, 0.2) is 17.3 Å². The second kappa shape index (κ2) is 6.71. The highest BCUT2D eigenvalue weighted by Crippen LogP contribution is 2.15. The summed E-state index contributed by atoms with van der Waals surface area (Å²) >= 11 is 0. The summed E-state index contributed by atoms with van der Waals surface area (Å²) in [4.78, 5) is 20.0. The topological polar surface area (TPSA) is 109 Å². The molecule has 0 aliphatic carbocycles. The van der Waals surface area contributed by atoms with Gasteiger partial charge in [-0.3, -0.25) is 4.79 Å². The quantitative estimate of drug-likeness (QED) is 0.429. The lowest BCUT2D eigenvalue weighted by atomic mass is 10.3. The molecule has 2 heterocycles. The standard InChI is InChI=1S/C12H19N7O/c1-2-4-14-10(20)3-5-15-11-12-16-6-7-19(12)8-9(17-11)18-13/h6-8,18H,2-5,13H2,1H3,(H,14,20)(H,15,17). The van der Waals surface area contributed by atoms with Gasteiger partial charge in [-0.2, -0.15) is 0 Å². The number of carbonyl (C=O) groups excluding carboxylic acids is 1. The molecule has 1 amide bonds. The summed E-state index contributed by atoms with van der Waals surface area (Å²) in [6.07, 6.45) is 6.53. The number of nitrogens with one attached hydrogen (secondary N) is 3. The van der Waals surface area contributed by atoms with Gasteiger partial charge in [-0.05, 0) is 6.42 Å². The monoisotopic (exact) mass is 277 g/mol. The number of anilines is 2. The summed E-state index contributed by atoms with van der Waals surface area (Å²) in [5.74, 6) is 6.51. The fourth-order valence-electron chi connectivity index (χ4n) is 1.77. The van der Waals surface area contributed by atoms with Gasteiger partial charge in [-0.1, -0.05) is 6.92 Å². The van der Waals surface area contributed by atoms with Crippen molar-refractivity contribution in [2.24, 2.45) is 5.84 Å². The zero-order valence-corrected chi connectivity index (χ0v) is 11.4. The highest BCUT2D eigenvalue weighted by atomic mass is 16.1. The van der Waals surface area contributed by atoms with Crippen molar-refractivity contribution >= 4 is 23.2 Å². The minimum atomic E-state index is 0.0202. The molecule has 2 aromatic rings. The zero-order chi connectivity index (χ0) is 14.4. The molecule has 0 saturated heterocycles. The number of nitrogens with two attached hydrogens (primary N) is 1. The Labute approximate surface area is 116 Å². The number of hydrazine groups is 1. The van der Waals surface area contributed by atoms with Crippen LogP contribution in [-0.2, 0) is 4.79 Å². The molecule has 8 nitrogen and oxygen atoms in total. The first-order valence-electron chi connectivity index (χ1n) is 6.55. The molecule has 2 rings (SSSR count). The highest BCUT2D eigenvalue weighted by molar-refractivity contribution is 5.76. The van der Waals surface area contributed by atoms with Gasteiger partial charge in [-0.25, -0.2) is 15.8 Å². The Morgan fingerprint density at radius 3 is 3.05 bits per heavy atom. The van der Waals surface area contributed by atoms with Crippen molar-refractivity contribution in [3.63, 3.8) is 0 Å². The molecule has 0 aliphatic heterocycles. The summed E-state index contributed by atoms with van der Waals surface area (Å²) < 4.78 is 1.81. The normalized spacial score (nSPS) is 10.5. The van der Waals surface area contributed by atoms with Crippen LogP contribution in [-0.4, -0.2) is 33.4 Å². The number of hydrogen-bond acceptors (Lipinski definition) is 6. The van der Waals surface area contributed by atoms with E-state index in [0.717, 1.165) is 6.42 Å². The Morgan fingerprint density at radius 2 is 2.30 bits per heavy atom. The second-order valence-corrected chi connectivity index (χ2v) is 4.30. The highest BCUT2D eigenvalue weighted by Gasteiger charge is 2.07. The number of amides is 1. The van der Waals surface area contributed by atoms with Crippen LogP contribution in [0.25, 0.3) is 5.65 Å². The fraction of sp³-hybridized carbons (Fsp3) is 0.417. The van der Waals surface area contributed by atoms with Crippen molar-refractivity contribution in [2.75, 3.05) is 23.8 Å². The SMILES string of the molecule is CCCNC(=O)CCNc1nc(NN)cn2ccnc12. The van der Waals surface area contributed by atoms with E-state index in [2.05, 4.69) is 26.0 Å². The van der Waals surface area contributed by atoms with Crippen molar-refractivity contribution in [1.29, 1.82) is 0 Å². The molecule has 0 fully saturated rings. The van der Waals surface area contributed by atoms with Gasteiger partial charge >= 0.3 is 0 Å². The van der Waals surface area contributed by atoms with Crippen LogP contribution in [0.2, 0.25) is 0 Å². The van der Waals surface area contributed by atoms with Gasteiger partial charge in [0, 0.05) is 31.9 Å². The summed E-state index contributed by atoms with van der Waals surface area (Å²) in [5, 5.41) is 5.93. The van der Waals surface area contributed by atoms with E-state index in [9.17, 15) is 4.79 Å². The Bertz CT molecular complexity index is 580. The van der Waals surface area contributed by atoms with Crippen LogP contribution in [0.3, 0.4) is 0 Å². The molecule has 0 saturated carbocycles. The number of carbonyl (C=O) groups is 1. The summed E-state index contributed by atoms with van der Waals surface area (Å²) in [5.41, 5.74) is 3.19. The van der Waals surface area contributed by atoms with Crippen LogP contribution in [0.1, 0.15) is 19.8 Å². The largest absolute Gasteiger partial charge is 0.366 e. The molecular weight excluding hydrogens is 258 g/mol. The number of rotatable bonds is 7. The molecule has 0 aliphatic rings. The van der Waals surface area contributed by atoms with Gasteiger partial charge < -0.3 is 20.5 Å². The second-order valence-electron chi connectivity index (χ2n) is 4.30. The molecule has 2 aromatic heterocycles. The van der Waals surface area contributed by atoms with Crippen LogP contribution < -0.4 is 21.9 Å². The zero-order valence-electron chi connectivity index (χ0n) is 11.4. The molecule has 20 heavy (non-hydrogen) atoms. The number of nitrogen functional groups attached to an aromatic ring is 1. The lowest BCUT2D eigenvalue weighted by molar-refractivity contribution is -0.120. The maximum Gasteiger partial charge on any atom is 0.221 e. The predicted molar refractivity (Wildman–Crippen MR) is 77.2 cm³/mol. The Balaban J connectivity index is 1.98. The minimum Gasteiger partial charge on any atom is -0.366 e. The van der Waals surface area contributed by atoms with Gasteiger partial charge in [0.2, 0.25) is 5.91 Å². The number of hydrogen-bond donors (Lipinski definition) is 4. The van der Waals surface area contributed by atoms with E-state index in [-0.39, 0.29) is 5.91 Å². The first-order chi connectivity index (χ1) is 9.74. The average Bonchev–Trinajstić information content (AvgIpc) is 2.93. The molecular formula is C12H19N7O. The van der Waals surface area contributed by atoms with E-state index in [1.165, 1.54) is 0 Å². The number of nitrogens with zero attached hydrogens (tertiary/aromatic N) is 3. The van der Waals surface area contributed by atoms with Crippen molar-refractivity contribution in [2.45, 2.75) is 19.8 Å². The first-order valence-corrected chi connectivity index (χ1v) is 6.55. The van der Waals surface area contributed by atoms with Crippen molar-refractivity contribution in [3.05, 3.63) is 18.6 Å². The molecule has 0 atom stereocenters. The number of imidazole rings is 1. The van der Waals surface area contributed by atoms with E-state index in [0.29, 0.717) is 36.8 Å². The van der Waals surface area contributed by atoms with Crippen LogP contribution >= 0.6 is 0 Å². The van der Waals surface area contributed by atoms with Crippen molar-refractivity contribution in [1.82, 2.24) is 19.7 Å². The summed E-state index contributed by atoms with van der Waals surface area (Å²) in [6.45, 7) is 3.20. The fourth-order valence-corrected chi connectivity index (χ4v) is 1.77. The van der Waals surface area contributed by atoms with E-state index >= 15 is 0 Å². The molecule has 0 unspecified atom stereocenters. The van der Waals surface area contributed by atoms with Gasteiger partial charge in [-0.15, -0.1) is 0 Å². The third-order valence-electron chi connectivity index (χ3n) is 2.74. The van der Waals surface area contributed by atoms with E-state index < -0.39 is 0 Å². The maximum atomic E-state index is 11.5. The smallest absolute Gasteiger partial charge is 0.221 e. The Hall–Kier alpha value is -2.35. The molecule has 0 spiro atoms. The third-order valence-corrected chi connectivity index (χ3v) is 2.74. The lowest BCUT2D eigenvalue weighted by Gasteiger charge is -2.09. The molecule has 0 radical (unpaired) electrons. The van der Waals surface area contributed by atoms with Crippen LogP contribution in [0, 0.1) is 0 Å². The van der Waals surface area contributed by atoms with E-state index in [1.807, 2.05) is 11.3 Å². The number of aromatic nitrogens is 3. The molecule has 108 valence electrons. The molecule has 5 N–H and O–H groups in total. The van der Waals surface area contributed by atoms with Crippen LogP contribution in [0.15, 0.2) is 18.6 Å². The predicted octanol–water partition coefficient (Wildman–Crippen LogP) is 0.343. The van der Waals surface area contributed by atoms with Crippen LogP contribution in [0.5, 0.6) is 0 Å².